The highest BCUT2D eigenvalue weighted by atomic mass is 19.4. The van der Waals surface area contributed by atoms with Crippen LogP contribution in [0.5, 0.6) is 0 Å². The van der Waals surface area contributed by atoms with Gasteiger partial charge in [-0.2, -0.15) is 13.2 Å². The van der Waals surface area contributed by atoms with E-state index < -0.39 is 24.6 Å². The van der Waals surface area contributed by atoms with Crippen LogP contribution in [0.25, 0.3) is 0 Å². The lowest BCUT2D eigenvalue weighted by atomic mass is 10.1. The number of halogens is 3. The molecule has 0 fully saturated rings. The van der Waals surface area contributed by atoms with Crippen LogP contribution in [0.4, 0.5) is 13.2 Å². The lowest BCUT2D eigenvalue weighted by Gasteiger charge is -2.29. The van der Waals surface area contributed by atoms with Gasteiger partial charge in [0, 0.05) is 19.6 Å². The molecule has 6 nitrogen and oxygen atoms in total. The third-order valence-electron chi connectivity index (χ3n) is 2.85. The van der Waals surface area contributed by atoms with Crippen LogP contribution < -0.4 is 0 Å². The maximum Gasteiger partial charge on any atom is 0.403 e. The zero-order valence-corrected chi connectivity index (χ0v) is 9.26. The second kappa shape index (κ2) is 4.56. The fourth-order valence-corrected chi connectivity index (χ4v) is 1.85. The molecule has 9 heteroatoms. The third kappa shape index (κ3) is 2.61. The van der Waals surface area contributed by atoms with Gasteiger partial charge in [-0.1, -0.05) is 0 Å². The summed E-state index contributed by atoms with van der Waals surface area (Å²) in [6.45, 7) is 0.434. The minimum atomic E-state index is -4.74. The van der Waals surface area contributed by atoms with Gasteiger partial charge in [0.05, 0.1) is 6.54 Å². The first kappa shape index (κ1) is 12.8. The van der Waals surface area contributed by atoms with Gasteiger partial charge in [0.1, 0.15) is 12.2 Å². The lowest BCUT2D eigenvalue weighted by Crippen LogP contribution is -2.44. The van der Waals surface area contributed by atoms with E-state index in [-0.39, 0.29) is 6.54 Å². The number of alkyl halides is 3. The van der Waals surface area contributed by atoms with Crippen LogP contribution in [-0.4, -0.2) is 50.0 Å². The van der Waals surface area contributed by atoms with Crippen LogP contribution in [0.1, 0.15) is 5.82 Å². The maximum absolute atomic E-state index is 12.5. The Hall–Kier alpha value is -1.64. The van der Waals surface area contributed by atoms with Gasteiger partial charge in [0.25, 0.3) is 0 Å². The van der Waals surface area contributed by atoms with E-state index in [0.717, 1.165) is 0 Å². The average molecular weight is 264 g/mol. The molecule has 0 radical (unpaired) electrons. The van der Waals surface area contributed by atoms with Crippen molar-refractivity contribution >= 4 is 5.97 Å². The molecule has 1 unspecified atom stereocenters. The molecule has 1 atom stereocenters. The number of rotatable bonds is 3. The standard InChI is InChI=1S/C9H11F3N4O2/c10-9(11,12)6(8(17)18)3-15-1-2-16-5-13-14-7(16)4-15/h5-6H,1-4H2,(H,17,18). The molecule has 1 aliphatic heterocycles. The van der Waals surface area contributed by atoms with E-state index in [2.05, 4.69) is 10.2 Å². The van der Waals surface area contributed by atoms with Crippen molar-refractivity contribution in [3.8, 4) is 0 Å². The van der Waals surface area contributed by atoms with Gasteiger partial charge in [-0.3, -0.25) is 9.69 Å². The normalized spacial score (nSPS) is 18.4. The zero-order valence-electron chi connectivity index (χ0n) is 9.26. The van der Waals surface area contributed by atoms with Gasteiger partial charge in [-0.25, -0.2) is 0 Å². The molecule has 1 N–H and O–H groups in total. The Balaban J connectivity index is 2.04. The molecule has 1 aliphatic rings. The summed E-state index contributed by atoms with van der Waals surface area (Å²) in [7, 11) is 0. The molecular weight excluding hydrogens is 253 g/mol. The summed E-state index contributed by atoms with van der Waals surface area (Å²) >= 11 is 0. The molecule has 0 spiro atoms. The molecule has 0 aliphatic carbocycles. The number of carbonyl (C=O) groups is 1. The molecule has 0 aromatic carbocycles. The van der Waals surface area contributed by atoms with Crippen molar-refractivity contribution in [1.29, 1.82) is 0 Å². The second-order valence-electron chi connectivity index (χ2n) is 4.11. The summed E-state index contributed by atoms with van der Waals surface area (Å²) in [6, 6.07) is 0. The number of fused-ring (bicyclic) bond motifs is 1. The van der Waals surface area contributed by atoms with Crippen LogP contribution in [0.3, 0.4) is 0 Å². The monoisotopic (exact) mass is 264 g/mol. The number of aliphatic carboxylic acids is 1. The van der Waals surface area contributed by atoms with Crippen LogP contribution >= 0.6 is 0 Å². The van der Waals surface area contributed by atoms with Gasteiger partial charge in [0.2, 0.25) is 0 Å². The fraction of sp³-hybridized carbons (Fsp3) is 0.667. The molecule has 1 aromatic rings. The molecular formula is C9H11F3N4O2. The van der Waals surface area contributed by atoms with Crippen molar-refractivity contribution in [2.75, 3.05) is 13.1 Å². The number of hydrogen-bond donors (Lipinski definition) is 1. The highest BCUT2D eigenvalue weighted by molar-refractivity contribution is 5.71. The Morgan fingerprint density at radius 1 is 1.50 bits per heavy atom. The molecule has 18 heavy (non-hydrogen) atoms. The van der Waals surface area contributed by atoms with Crippen LogP contribution in [0.2, 0.25) is 0 Å². The minimum absolute atomic E-state index is 0.180. The van der Waals surface area contributed by atoms with Crippen molar-refractivity contribution in [2.24, 2.45) is 5.92 Å². The molecule has 1 aromatic heterocycles. The van der Waals surface area contributed by atoms with Crippen molar-refractivity contribution in [3.63, 3.8) is 0 Å². The predicted octanol–water partition coefficient (Wildman–Crippen LogP) is 0.357. The number of nitrogens with zero attached hydrogens (tertiary/aromatic N) is 4. The lowest BCUT2D eigenvalue weighted by molar-refractivity contribution is -0.197. The Bertz CT molecular complexity index is 445. The van der Waals surface area contributed by atoms with Crippen molar-refractivity contribution in [3.05, 3.63) is 12.2 Å². The first-order valence-corrected chi connectivity index (χ1v) is 5.26. The summed E-state index contributed by atoms with van der Waals surface area (Å²) in [4.78, 5) is 12.1. The van der Waals surface area contributed by atoms with Gasteiger partial charge in [-0.15, -0.1) is 10.2 Å². The summed E-state index contributed by atoms with van der Waals surface area (Å²) in [5, 5.41) is 16.0. The summed E-state index contributed by atoms with van der Waals surface area (Å²) in [5.41, 5.74) is 0. The highest BCUT2D eigenvalue weighted by Gasteiger charge is 2.46. The third-order valence-corrected chi connectivity index (χ3v) is 2.85. The Morgan fingerprint density at radius 2 is 2.22 bits per heavy atom. The maximum atomic E-state index is 12.5. The molecule has 0 amide bonds. The van der Waals surface area contributed by atoms with E-state index in [1.54, 1.807) is 4.57 Å². The van der Waals surface area contributed by atoms with Crippen molar-refractivity contribution in [2.45, 2.75) is 19.3 Å². The van der Waals surface area contributed by atoms with Gasteiger partial charge < -0.3 is 9.67 Å². The van der Waals surface area contributed by atoms with E-state index in [1.807, 2.05) is 0 Å². The summed E-state index contributed by atoms with van der Waals surface area (Å²) < 4.78 is 39.3. The largest absolute Gasteiger partial charge is 0.481 e. The molecule has 2 rings (SSSR count). The number of carboxylic acid groups (broad SMARTS) is 1. The van der Waals surface area contributed by atoms with Crippen LogP contribution in [0.15, 0.2) is 6.33 Å². The number of aromatic nitrogens is 3. The number of carboxylic acids is 1. The topological polar surface area (TPSA) is 71.2 Å². The quantitative estimate of drug-likeness (QED) is 0.853. The predicted molar refractivity (Wildman–Crippen MR) is 52.5 cm³/mol. The Labute approximate surface area is 100 Å². The van der Waals surface area contributed by atoms with E-state index in [0.29, 0.717) is 18.9 Å². The van der Waals surface area contributed by atoms with Crippen molar-refractivity contribution < 1.29 is 23.1 Å². The van der Waals surface area contributed by atoms with Gasteiger partial charge in [-0.05, 0) is 0 Å². The number of hydrogen-bond acceptors (Lipinski definition) is 4. The molecule has 0 saturated heterocycles. The zero-order chi connectivity index (χ0) is 13.3. The van der Waals surface area contributed by atoms with Gasteiger partial charge in [0.15, 0.2) is 5.92 Å². The first-order valence-electron chi connectivity index (χ1n) is 5.26. The van der Waals surface area contributed by atoms with Crippen LogP contribution in [-0.2, 0) is 17.9 Å². The van der Waals surface area contributed by atoms with E-state index in [4.69, 9.17) is 5.11 Å². The molecule has 0 saturated carbocycles. The van der Waals surface area contributed by atoms with E-state index in [9.17, 15) is 18.0 Å². The average Bonchev–Trinajstić information content (AvgIpc) is 2.70. The van der Waals surface area contributed by atoms with Crippen LogP contribution in [0, 0.1) is 5.92 Å². The second-order valence-corrected chi connectivity index (χ2v) is 4.11. The fourth-order valence-electron chi connectivity index (χ4n) is 1.85. The SMILES string of the molecule is O=C(O)C(CN1CCn2cnnc2C1)C(F)(F)F. The molecule has 0 bridgehead atoms. The summed E-state index contributed by atoms with van der Waals surface area (Å²) in [6.07, 6.45) is -3.23. The Morgan fingerprint density at radius 3 is 2.83 bits per heavy atom. The van der Waals surface area contributed by atoms with E-state index >= 15 is 0 Å². The summed E-state index contributed by atoms with van der Waals surface area (Å²) in [5.74, 6) is -3.67. The van der Waals surface area contributed by atoms with E-state index in [1.165, 1.54) is 11.2 Å². The molecule has 100 valence electrons. The Kier molecular flexibility index (Phi) is 3.24. The first-order chi connectivity index (χ1) is 8.38. The van der Waals surface area contributed by atoms with Gasteiger partial charge >= 0.3 is 12.1 Å². The smallest absolute Gasteiger partial charge is 0.403 e. The highest BCUT2D eigenvalue weighted by Crippen LogP contribution is 2.28. The minimum Gasteiger partial charge on any atom is -0.481 e. The van der Waals surface area contributed by atoms with Crippen molar-refractivity contribution in [1.82, 2.24) is 19.7 Å². The molecule has 2 heterocycles.